The van der Waals surface area contributed by atoms with Crippen molar-refractivity contribution in [3.63, 3.8) is 0 Å². The molecule has 0 radical (unpaired) electrons. The van der Waals surface area contributed by atoms with E-state index in [2.05, 4.69) is 16.0 Å². The van der Waals surface area contributed by atoms with Gasteiger partial charge in [-0.05, 0) is 12.8 Å². The largest absolute Gasteiger partial charge is 0.480 e. The number of carboxylic acids is 1. The van der Waals surface area contributed by atoms with Crippen molar-refractivity contribution >= 4 is 23.7 Å². The molecule has 24 heavy (non-hydrogen) atoms. The first-order chi connectivity index (χ1) is 11.1. The third kappa shape index (κ3) is 7.38. The topological polar surface area (TPSA) is 171 Å². The summed E-state index contributed by atoms with van der Waals surface area (Å²) in [6.45, 7) is 4.13. The Morgan fingerprint density at radius 3 is 2.04 bits per heavy atom. The monoisotopic (exact) mass is 346 g/mol. The number of amides is 3. The van der Waals surface area contributed by atoms with Gasteiger partial charge in [0, 0.05) is 0 Å². The second-order valence-electron chi connectivity index (χ2n) is 5.48. The van der Waals surface area contributed by atoms with Crippen molar-refractivity contribution in [1.29, 1.82) is 0 Å². The van der Waals surface area contributed by atoms with Crippen LogP contribution in [0.25, 0.3) is 0 Å². The minimum Gasteiger partial charge on any atom is -0.480 e. The SMILES string of the molecule is CCC(C)C(NC(=O)CNC(=O)CN)C(=O)NC(C(=O)O)C(C)O. The fraction of sp³-hybridized carbons (Fsp3) is 0.714. The Morgan fingerprint density at radius 2 is 1.62 bits per heavy atom. The molecule has 0 aromatic rings. The Labute approximate surface area is 140 Å². The molecule has 0 fully saturated rings. The second kappa shape index (κ2) is 10.6. The molecule has 0 aromatic carbocycles. The van der Waals surface area contributed by atoms with Crippen molar-refractivity contribution < 1.29 is 29.4 Å². The van der Waals surface area contributed by atoms with Crippen LogP contribution in [-0.4, -0.2) is 65.2 Å². The van der Waals surface area contributed by atoms with Gasteiger partial charge in [-0.2, -0.15) is 0 Å². The van der Waals surface area contributed by atoms with Crippen LogP contribution in [0.2, 0.25) is 0 Å². The zero-order valence-electron chi connectivity index (χ0n) is 14.0. The zero-order valence-corrected chi connectivity index (χ0v) is 14.0. The van der Waals surface area contributed by atoms with Gasteiger partial charge in [0.25, 0.3) is 0 Å². The van der Waals surface area contributed by atoms with Crippen LogP contribution >= 0.6 is 0 Å². The van der Waals surface area contributed by atoms with E-state index in [1.165, 1.54) is 6.92 Å². The fourth-order valence-electron chi connectivity index (χ4n) is 1.81. The maximum absolute atomic E-state index is 12.3. The molecule has 0 heterocycles. The van der Waals surface area contributed by atoms with Crippen molar-refractivity contribution in [2.75, 3.05) is 13.1 Å². The second-order valence-corrected chi connectivity index (χ2v) is 5.48. The first kappa shape index (κ1) is 21.8. The molecule has 0 aliphatic heterocycles. The third-order valence-corrected chi connectivity index (χ3v) is 3.49. The van der Waals surface area contributed by atoms with Crippen LogP contribution in [0.3, 0.4) is 0 Å². The van der Waals surface area contributed by atoms with E-state index in [0.717, 1.165) is 0 Å². The van der Waals surface area contributed by atoms with Crippen LogP contribution in [0.15, 0.2) is 0 Å². The predicted octanol–water partition coefficient (Wildman–Crippen LogP) is -2.46. The van der Waals surface area contributed by atoms with Crippen LogP contribution in [0, 0.1) is 5.92 Å². The number of aliphatic hydroxyl groups excluding tert-OH is 1. The highest BCUT2D eigenvalue weighted by atomic mass is 16.4. The Morgan fingerprint density at radius 1 is 1.04 bits per heavy atom. The van der Waals surface area contributed by atoms with Crippen molar-refractivity contribution in [1.82, 2.24) is 16.0 Å². The lowest BCUT2D eigenvalue weighted by Gasteiger charge is -2.26. The van der Waals surface area contributed by atoms with Gasteiger partial charge in [0.1, 0.15) is 6.04 Å². The number of hydrogen-bond donors (Lipinski definition) is 6. The van der Waals surface area contributed by atoms with Gasteiger partial charge in [-0.3, -0.25) is 14.4 Å². The molecular weight excluding hydrogens is 320 g/mol. The van der Waals surface area contributed by atoms with Crippen molar-refractivity contribution in [3.05, 3.63) is 0 Å². The van der Waals surface area contributed by atoms with Gasteiger partial charge in [0.15, 0.2) is 6.04 Å². The molecule has 0 saturated heterocycles. The van der Waals surface area contributed by atoms with Crippen molar-refractivity contribution in [3.8, 4) is 0 Å². The quantitative estimate of drug-likeness (QED) is 0.255. The summed E-state index contributed by atoms with van der Waals surface area (Å²) in [7, 11) is 0. The molecule has 10 nitrogen and oxygen atoms in total. The van der Waals surface area contributed by atoms with Gasteiger partial charge in [-0.1, -0.05) is 20.3 Å². The molecule has 4 atom stereocenters. The summed E-state index contributed by atoms with van der Waals surface area (Å²) in [6.07, 6.45) is -0.761. The highest BCUT2D eigenvalue weighted by molar-refractivity contribution is 5.92. The van der Waals surface area contributed by atoms with Gasteiger partial charge in [-0.25, -0.2) is 4.79 Å². The standard InChI is InChI=1S/C14H26N4O6/c1-4-7(2)11(17-10(21)6-16-9(20)5-15)13(22)18-12(8(3)19)14(23)24/h7-8,11-12,19H,4-6,15H2,1-3H3,(H,16,20)(H,17,21)(H,18,22)(H,23,24). The Kier molecular flexibility index (Phi) is 9.58. The molecule has 0 aliphatic carbocycles. The van der Waals surface area contributed by atoms with Crippen LogP contribution in [0.4, 0.5) is 0 Å². The number of carboxylic acid groups (broad SMARTS) is 1. The number of rotatable bonds is 10. The highest BCUT2D eigenvalue weighted by Crippen LogP contribution is 2.09. The van der Waals surface area contributed by atoms with Crippen LogP contribution in [0.5, 0.6) is 0 Å². The number of aliphatic carboxylic acids is 1. The van der Waals surface area contributed by atoms with E-state index in [-0.39, 0.29) is 19.0 Å². The first-order valence-corrected chi connectivity index (χ1v) is 7.61. The lowest BCUT2D eigenvalue weighted by molar-refractivity contribution is -0.145. The number of carbonyl (C=O) groups is 4. The maximum Gasteiger partial charge on any atom is 0.328 e. The van der Waals surface area contributed by atoms with E-state index in [1.807, 2.05) is 0 Å². The van der Waals surface area contributed by atoms with Crippen molar-refractivity contribution in [2.45, 2.75) is 45.4 Å². The summed E-state index contributed by atoms with van der Waals surface area (Å²) < 4.78 is 0. The molecule has 0 aromatic heterocycles. The summed E-state index contributed by atoms with van der Waals surface area (Å²) in [6, 6.07) is -2.49. The molecule has 0 aliphatic rings. The Balaban J connectivity index is 4.93. The molecule has 138 valence electrons. The lowest BCUT2D eigenvalue weighted by atomic mass is 9.97. The number of nitrogens with one attached hydrogen (secondary N) is 3. The van der Waals surface area contributed by atoms with Crippen molar-refractivity contribution in [2.24, 2.45) is 11.7 Å². The minimum absolute atomic E-state index is 0.267. The molecule has 0 spiro atoms. The van der Waals surface area contributed by atoms with E-state index in [9.17, 15) is 24.3 Å². The Bertz CT molecular complexity index is 468. The maximum atomic E-state index is 12.3. The van der Waals surface area contributed by atoms with E-state index < -0.39 is 41.9 Å². The summed E-state index contributed by atoms with van der Waals surface area (Å²) in [4.78, 5) is 46.2. The normalized spacial score (nSPS) is 15.5. The highest BCUT2D eigenvalue weighted by Gasteiger charge is 2.31. The van der Waals surface area contributed by atoms with E-state index in [1.54, 1.807) is 13.8 Å². The number of carbonyl (C=O) groups excluding carboxylic acids is 3. The number of aliphatic hydroxyl groups is 1. The van der Waals surface area contributed by atoms with E-state index in [0.29, 0.717) is 6.42 Å². The van der Waals surface area contributed by atoms with Gasteiger partial charge < -0.3 is 31.9 Å². The van der Waals surface area contributed by atoms with Crippen LogP contribution in [-0.2, 0) is 19.2 Å². The fourth-order valence-corrected chi connectivity index (χ4v) is 1.81. The van der Waals surface area contributed by atoms with E-state index >= 15 is 0 Å². The summed E-state index contributed by atoms with van der Waals surface area (Å²) in [5.41, 5.74) is 5.10. The smallest absolute Gasteiger partial charge is 0.328 e. The number of nitrogens with two attached hydrogens (primary N) is 1. The third-order valence-electron chi connectivity index (χ3n) is 3.49. The van der Waals surface area contributed by atoms with Crippen LogP contribution < -0.4 is 21.7 Å². The summed E-state index contributed by atoms with van der Waals surface area (Å²) >= 11 is 0. The predicted molar refractivity (Wildman–Crippen MR) is 84.7 cm³/mol. The summed E-state index contributed by atoms with van der Waals surface area (Å²) in [5, 5.41) is 25.3. The van der Waals surface area contributed by atoms with Crippen LogP contribution in [0.1, 0.15) is 27.2 Å². The molecule has 4 unspecified atom stereocenters. The minimum atomic E-state index is -1.49. The molecular formula is C14H26N4O6. The Hall–Kier alpha value is -2.20. The molecule has 10 heteroatoms. The molecule has 0 saturated carbocycles. The van der Waals surface area contributed by atoms with Gasteiger partial charge in [0.05, 0.1) is 19.2 Å². The summed E-state index contributed by atoms with van der Waals surface area (Å²) in [5.74, 6) is -3.53. The average molecular weight is 346 g/mol. The first-order valence-electron chi connectivity index (χ1n) is 7.61. The van der Waals surface area contributed by atoms with E-state index in [4.69, 9.17) is 10.8 Å². The molecule has 0 rings (SSSR count). The van der Waals surface area contributed by atoms with Gasteiger partial charge >= 0.3 is 5.97 Å². The van der Waals surface area contributed by atoms with Gasteiger partial charge in [0.2, 0.25) is 17.7 Å². The van der Waals surface area contributed by atoms with Gasteiger partial charge in [-0.15, -0.1) is 0 Å². The lowest BCUT2D eigenvalue weighted by Crippen LogP contribution is -2.57. The number of hydrogen-bond acceptors (Lipinski definition) is 6. The molecule has 0 bridgehead atoms. The zero-order chi connectivity index (χ0) is 18.9. The average Bonchev–Trinajstić information content (AvgIpc) is 2.53. The molecule has 7 N–H and O–H groups in total. The molecule has 3 amide bonds.